The second-order valence-electron chi connectivity index (χ2n) is 14.7. The van der Waals surface area contributed by atoms with Gasteiger partial charge in [0.2, 0.25) is 5.91 Å². The fraction of sp³-hybridized carbons (Fsp3) is 0.969. The van der Waals surface area contributed by atoms with Crippen LogP contribution in [0.15, 0.2) is 0 Å². The van der Waals surface area contributed by atoms with Crippen molar-refractivity contribution in [3.05, 3.63) is 0 Å². The van der Waals surface area contributed by atoms with E-state index in [-0.39, 0.29) is 0 Å². The first-order valence-electron chi connectivity index (χ1n) is 18.5. The maximum atomic E-state index is 12.7. The van der Waals surface area contributed by atoms with Crippen molar-refractivity contribution in [1.29, 1.82) is 0 Å². The number of hydrogen-bond acceptors (Lipinski definition) is 25. The molecule has 338 valence electrons. The first kappa shape index (κ1) is 47.6. The third-order valence-electron chi connectivity index (χ3n) is 10.7. The lowest BCUT2D eigenvalue weighted by Gasteiger charge is -2.50. The number of hydrogen-bond donors (Lipinski definition) is 16. The van der Waals surface area contributed by atoms with E-state index in [4.69, 9.17) is 42.6 Å². The zero-order valence-electron chi connectivity index (χ0n) is 31.1. The van der Waals surface area contributed by atoms with Gasteiger partial charge < -0.3 is 125 Å². The number of amides is 1. The number of aliphatic hydroxyl groups is 15. The molecule has 0 radical (unpaired) electrons. The maximum absolute atomic E-state index is 12.7. The summed E-state index contributed by atoms with van der Waals surface area (Å²) in [6.45, 7) is -1.07. The van der Waals surface area contributed by atoms with E-state index in [2.05, 4.69) is 5.32 Å². The molecular formula is C32H55NO25. The van der Waals surface area contributed by atoms with Gasteiger partial charge in [0.25, 0.3) is 0 Å². The van der Waals surface area contributed by atoms with Crippen molar-refractivity contribution in [3.8, 4) is 0 Å². The minimum absolute atomic E-state index is 0.779. The van der Waals surface area contributed by atoms with Gasteiger partial charge in [-0.1, -0.05) is 0 Å². The molecule has 5 fully saturated rings. The van der Waals surface area contributed by atoms with Crippen LogP contribution in [0.2, 0.25) is 0 Å². The topological polar surface area (TPSA) is 416 Å². The predicted octanol–water partition coefficient (Wildman–Crippen LogP) is -10.8. The van der Waals surface area contributed by atoms with Crippen molar-refractivity contribution in [2.45, 2.75) is 167 Å². The second-order valence-corrected chi connectivity index (χ2v) is 14.7. The highest BCUT2D eigenvalue weighted by molar-refractivity contribution is 5.73. The summed E-state index contributed by atoms with van der Waals surface area (Å²) in [5.74, 6) is -0.779. The third-order valence-corrected chi connectivity index (χ3v) is 10.7. The summed E-state index contributed by atoms with van der Waals surface area (Å²) in [4.78, 5) is 12.7. The third kappa shape index (κ3) is 9.91. The molecule has 16 N–H and O–H groups in total. The number of ether oxygens (including phenoxy) is 9. The molecule has 1 amide bonds. The van der Waals surface area contributed by atoms with E-state index in [9.17, 15) is 81.4 Å². The molecule has 0 unspecified atom stereocenters. The van der Waals surface area contributed by atoms with E-state index in [1.54, 1.807) is 0 Å². The molecule has 26 heteroatoms. The van der Waals surface area contributed by atoms with Crippen molar-refractivity contribution in [2.24, 2.45) is 0 Å². The Kier molecular flexibility index (Phi) is 16.5. The lowest BCUT2D eigenvalue weighted by atomic mass is 9.94. The molecule has 5 aliphatic rings. The summed E-state index contributed by atoms with van der Waals surface area (Å²) >= 11 is 0. The first-order chi connectivity index (χ1) is 27.3. The minimum atomic E-state index is -2.03. The largest absolute Gasteiger partial charge is 0.394 e. The van der Waals surface area contributed by atoms with E-state index in [0.29, 0.717) is 0 Å². The summed E-state index contributed by atoms with van der Waals surface area (Å²) < 4.78 is 51.2. The summed E-state index contributed by atoms with van der Waals surface area (Å²) in [6, 6.07) is -1.61. The molecule has 0 aromatic carbocycles. The van der Waals surface area contributed by atoms with Gasteiger partial charge in [0.05, 0.1) is 32.5 Å². The predicted molar refractivity (Wildman–Crippen MR) is 177 cm³/mol. The standard InChI is InChI=1S/C32H55NO25/c1-7-14(38)17(41)22(46)30(51-7)58-27-13(33-8(2)37)29(54-11(5-36)26(27)57-31-23(47)18(42)15(39)9(3-34)53-31)50-6-12-16(40)19(43)24(48)32(55-12)56-25-10(4-35)52-28(49)21(45)20(25)44/h7,9-32,34-36,38-49H,3-6H2,1-2H3,(H,33,37)/t7-,9+,10+,11+,12+,13+,14+,15-,16-,17+,18-,19-,20+,21+,22-,23+,24+,25+,26+,27+,28-,29+,30-,31-,32-/m0/s1. The fourth-order valence-electron chi connectivity index (χ4n) is 7.27. The Morgan fingerprint density at radius 2 is 0.931 bits per heavy atom. The van der Waals surface area contributed by atoms with Crippen LogP contribution in [0.4, 0.5) is 0 Å². The van der Waals surface area contributed by atoms with E-state index in [0.717, 1.165) is 6.92 Å². The molecule has 5 rings (SSSR count). The summed E-state index contributed by atoms with van der Waals surface area (Å²) in [5, 5.41) is 158. The minimum Gasteiger partial charge on any atom is -0.394 e. The van der Waals surface area contributed by atoms with Crippen LogP contribution >= 0.6 is 0 Å². The van der Waals surface area contributed by atoms with E-state index in [1.165, 1.54) is 6.92 Å². The Balaban J connectivity index is 1.42. The van der Waals surface area contributed by atoms with Gasteiger partial charge in [-0.05, 0) is 6.92 Å². The van der Waals surface area contributed by atoms with Crippen molar-refractivity contribution in [1.82, 2.24) is 5.32 Å². The van der Waals surface area contributed by atoms with Gasteiger partial charge in [-0.3, -0.25) is 4.79 Å². The Morgan fingerprint density at radius 3 is 1.48 bits per heavy atom. The first-order valence-corrected chi connectivity index (χ1v) is 18.5. The van der Waals surface area contributed by atoms with Crippen LogP contribution in [-0.2, 0) is 47.4 Å². The normalized spacial score (nSPS) is 51.6. The highest BCUT2D eigenvalue weighted by Crippen LogP contribution is 2.35. The SMILES string of the molecule is CC(=O)N[C@H]1[C@H](OC[C@H]2O[C@@H](O[C@H]3[C@H](O)[C@@H](O)[C@@H](O)O[C@@H]3CO)[C@H](O)[C@@H](O)[C@H]2O)O[C@H](CO)[C@@H](O[C@@H]2O[C@H](CO)[C@H](O)[C@H](O)[C@H]2O)[C@@H]1O[C@@H]1O[C@@H](C)[C@@H](O)[C@@H](O)[C@@H]1O. The summed E-state index contributed by atoms with van der Waals surface area (Å²) in [6.07, 6.45) is -42.7. The number of aliphatic hydroxyl groups excluding tert-OH is 15. The van der Waals surface area contributed by atoms with Gasteiger partial charge in [0.15, 0.2) is 31.5 Å². The van der Waals surface area contributed by atoms with Crippen molar-refractivity contribution in [3.63, 3.8) is 0 Å². The molecule has 0 saturated carbocycles. The molecule has 0 bridgehead atoms. The molecule has 0 aromatic rings. The van der Waals surface area contributed by atoms with Gasteiger partial charge in [-0.15, -0.1) is 0 Å². The van der Waals surface area contributed by atoms with Crippen molar-refractivity contribution < 1.29 is 124 Å². The Morgan fingerprint density at radius 1 is 0.483 bits per heavy atom. The molecule has 26 nitrogen and oxygen atoms in total. The van der Waals surface area contributed by atoms with Crippen LogP contribution in [0.5, 0.6) is 0 Å². The zero-order chi connectivity index (χ0) is 42.9. The summed E-state index contributed by atoms with van der Waals surface area (Å²) in [7, 11) is 0. The van der Waals surface area contributed by atoms with Gasteiger partial charge >= 0.3 is 0 Å². The van der Waals surface area contributed by atoms with Crippen LogP contribution in [0.25, 0.3) is 0 Å². The van der Waals surface area contributed by atoms with Crippen molar-refractivity contribution >= 4 is 5.91 Å². The average Bonchev–Trinajstić information content (AvgIpc) is 3.19. The highest BCUT2D eigenvalue weighted by atomic mass is 16.8. The van der Waals surface area contributed by atoms with Crippen LogP contribution < -0.4 is 5.32 Å². The molecule has 5 aliphatic heterocycles. The molecule has 58 heavy (non-hydrogen) atoms. The number of carbonyl (C=O) groups excluding carboxylic acids is 1. The summed E-state index contributed by atoms with van der Waals surface area (Å²) in [5.41, 5.74) is 0. The van der Waals surface area contributed by atoms with Crippen LogP contribution in [0.3, 0.4) is 0 Å². The highest BCUT2D eigenvalue weighted by Gasteiger charge is 2.56. The molecule has 0 aliphatic carbocycles. The van der Waals surface area contributed by atoms with E-state index < -0.39 is 186 Å². The van der Waals surface area contributed by atoms with Gasteiger partial charge in [-0.2, -0.15) is 0 Å². The zero-order valence-corrected chi connectivity index (χ0v) is 31.1. The van der Waals surface area contributed by atoms with E-state index in [1.807, 2.05) is 0 Å². The maximum Gasteiger partial charge on any atom is 0.217 e. The lowest BCUT2D eigenvalue weighted by Crippen LogP contribution is -2.70. The van der Waals surface area contributed by atoms with Crippen LogP contribution in [0.1, 0.15) is 13.8 Å². The van der Waals surface area contributed by atoms with Crippen LogP contribution in [0, 0.1) is 0 Å². The number of carbonyl (C=O) groups is 1. The van der Waals surface area contributed by atoms with Crippen LogP contribution in [-0.4, -0.2) is 262 Å². The molecule has 0 spiro atoms. The number of nitrogens with one attached hydrogen (secondary N) is 1. The van der Waals surface area contributed by atoms with Gasteiger partial charge in [0.1, 0.15) is 116 Å². The molecule has 5 saturated heterocycles. The lowest BCUT2D eigenvalue weighted by molar-refractivity contribution is -0.378. The van der Waals surface area contributed by atoms with Gasteiger partial charge in [0, 0.05) is 6.92 Å². The molecule has 25 atom stereocenters. The Bertz CT molecular complexity index is 1300. The van der Waals surface area contributed by atoms with Crippen molar-refractivity contribution in [2.75, 3.05) is 26.4 Å². The smallest absolute Gasteiger partial charge is 0.217 e. The average molecular weight is 854 g/mol. The molecular weight excluding hydrogens is 798 g/mol. The second kappa shape index (κ2) is 20.1. The van der Waals surface area contributed by atoms with Gasteiger partial charge in [-0.25, -0.2) is 0 Å². The quantitative estimate of drug-likeness (QED) is 0.0818. The fourth-order valence-corrected chi connectivity index (χ4v) is 7.27. The Labute approximate surface area is 329 Å². The van der Waals surface area contributed by atoms with E-state index >= 15 is 0 Å². The Hall–Kier alpha value is -1.49. The number of rotatable bonds is 13. The monoisotopic (exact) mass is 853 g/mol. The molecule has 5 heterocycles. The molecule has 0 aromatic heterocycles.